The smallest absolute Gasteiger partial charge is 0.326 e. The topological polar surface area (TPSA) is 75.3 Å². The first-order valence-electron chi connectivity index (χ1n) is 6.74. The van der Waals surface area contributed by atoms with Gasteiger partial charge in [0.05, 0.1) is 11.4 Å². The molecule has 0 aliphatic heterocycles. The fourth-order valence-electron chi connectivity index (χ4n) is 2.06. The Bertz CT molecular complexity index is 662. The molecule has 2 aromatic carbocycles. The van der Waals surface area contributed by atoms with Crippen LogP contribution in [0, 0.1) is 0 Å². The van der Waals surface area contributed by atoms with E-state index >= 15 is 0 Å². The molecule has 4 N–H and O–H groups in total. The van der Waals surface area contributed by atoms with Crippen molar-refractivity contribution >= 4 is 44.9 Å². The molecule has 1 unspecified atom stereocenters. The summed E-state index contributed by atoms with van der Waals surface area (Å²) in [5, 5.41) is 12.8. The van der Waals surface area contributed by atoms with Crippen LogP contribution in [0.15, 0.2) is 46.9 Å². The number of carbonyl (C=O) groups is 1. The predicted octanol–water partition coefficient (Wildman–Crippen LogP) is 4.18. The molecule has 1 atom stereocenters. The third-order valence-corrected chi connectivity index (χ3v) is 4.04. The number of nitrogen functional groups attached to an aromatic ring is 1. The van der Waals surface area contributed by atoms with E-state index in [4.69, 9.17) is 17.3 Å². The van der Waals surface area contributed by atoms with Crippen molar-refractivity contribution in [1.29, 1.82) is 0 Å². The van der Waals surface area contributed by atoms with Gasteiger partial charge in [0.25, 0.3) is 0 Å². The van der Waals surface area contributed by atoms with Crippen LogP contribution in [0.1, 0.15) is 12.0 Å². The van der Waals surface area contributed by atoms with Gasteiger partial charge in [-0.25, -0.2) is 4.79 Å². The number of hydrogen-bond donors (Lipinski definition) is 3. The SMILES string of the molecule is Nc1ccc(Cl)cc1NC(CCc1ccc(Br)cc1)C(=O)O. The van der Waals surface area contributed by atoms with E-state index in [1.165, 1.54) is 0 Å². The van der Waals surface area contributed by atoms with Crippen LogP contribution in [0.2, 0.25) is 5.02 Å². The maximum Gasteiger partial charge on any atom is 0.326 e. The van der Waals surface area contributed by atoms with Crippen molar-refractivity contribution in [2.45, 2.75) is 18.9 Å². The zero-order valence-corrected chi connectivity index (χ0v) is 14.1. The maximum absolute atomic E-state index is 11.4. The van der Waals surface area contributed by atoms with Crippen LogP contribution in [0.5, 0.6) is 0 Å². The predicted molar refractivity (Wildman–Crippen MR) is 93.4 cm³/mol. The van der Waals surface area contributed by atoms with Crippen LogP contribution < -0.4 is 11.1 Å². The second-order valence-electron chi connectivity index (χ2n) is 4.93. The number of nitrogens with one attached hydrogen (secondary N) is 1. The van der Waals surface area contributed by atoms with Gasteiger partial charge in [-0.15, -0.1) is 0 Å². The zero-order chi connectivity index (χ0) is 16.1. The van der Waals surface area contributed by atoms with Gasteiger partial charge >= 0.3 is 5.97 Å². The van der Waals surface area contributed by atoms with Gasteiger partial charge in [0, 0.05) is 9.50 Å². The number of halogens is 2. The molecule has 6 heteroatoms. The van der Waals surface area contributed by atoms with Gasteiger partial charge in [-0.05, 0) is 48.7 Å². The average Bonchev–Trinajstić information content (AvgIpc) is 2.48. The molecule has 0 aromatic heterocycles. The number of aliphatic carboxylic acids is 1. The third kappa shape index (κ3) is 4.64. The Morgan fingerprint density at radius 3 is 2.59 bits per heavy atom. The lowest BCUT2D eigenvalue weighted by atomic mass is 10.0. The van der Waals surface area contributed by atoms with E-state index in [-0.39, 0.29) is 0 Å². The van der Waals surface area contributed by atoms with Gasteiger partial charge in [0.15, 0.2) is 0 Å². The van der Waals surface area contributed by atoms with E-state index in [1.54, 1.807) is 18.2 Å². The Labute approximate surface area is 142 Å². The van der Waals surface area contributed by atoms with Gasteiger partial charge in [-0.2, -0.15) is 0 Å². The molecule has 0 aliphatic carbocycles. The van der Waals surface area contributed by atoms with E-state index in [1.807, 2.05) is 24.3 Å². The van der Waals surface area contributed by atoms with Crippen molar-refractivity contribution in [2.24, 2.45) is 0 Å². The lowest BCUT2D eigenvalue weighted by Crippen LogP contribution is -2.30. The van der Waals surface area contributed by atoms with Crippen molar-refractivity contribution in [1.82, 2.24) is 0 Å². The number of rotatable bonds is 6. The van der Waals surface area contributed by atoms with Gasteiger partial charge in [-0.3, -0.25) is 0 Å². The maximum atomic E-state index is 11.4. The molecule has 22 heavy (non-hydrogen) atoms. The molecular weight excluding hydrogens is 368 g/mol. The number of anilines is 2. The minimum absolute atomic E-state index is 0.447. The lowest BCUT2D eigenvalue weighted by Gasteiger charge is -2.17. The molecule has 2 rings (SSSR count). The van der Waals surface area contributed by atoms with Gasteiger partial charge in [-0.1, -0.05) is 39.7 Å². The standard InChI is InChI=1S/C16H16BrClN2O2/c17-11-4-1-10(2-5-11)3-8-14(16(21)22)20-15-9-12(18)6-7-13(15)19/h1-2,4-7,9,14,20H,3,8,19H2,(H,21,22). The summed E-state index contributed by atoms with van der Waals surface area (Å²) in [5.74, 6) is -0.920. The van der Waals surface area contributed by atoms with Gasteiger partial charge in [0.1, 0.15) is 6.04 Å². The van der Waals surface area contributed by atoms with E-state index in [2.05, 4.69) is 21.2 Å². The molecule has 0 saturated carbocycles. The highest BCUT2D eigenvalue weighted by molar-refractivity contribution is 9.10. The van der Waals surface area contributed by atoms with Crippen LogP contribution >= 0.6 is 27.5 Å². The lowest BCUT2D eigenvalue weighted by molar-refractivity contribution is -0.138. The molecule has 0 aliphatic rings. The summed E-state index contributed by atoms with van der Waals surface area (Å²) in [4.78, 5) is 11.4. The fraction of sp³-hybridized carbons (Fsp3) is 0.188. The van der Waals surface area contributed by atoms with E-state index < -0.39 is 12.0 Å². The van der Waals surface area contributed by atoms with Crippen molar-refractivity contribution in [3.8, 4) is 0 Å². The van der Waals surface area contributed by atoms with Crippen LogP contribution in [0.25, 0.3) is 0 Å². The summed E-state index contributed by atoms with van der Waals surface area (Å²) in [6.45, 7) is 0. The second-order valence-corrected chi connectivity index (χ2v) is 6.28. The van der Waals surface area contributed by atoms with Crippen molar-refractivity contribution in [2.75, 3.05) is 11.1 Å². The van der Waals surface area contributed by atoms with Crippen molar-refractivity contribution in [3.63, 3.8) is 0 Å². The van der Waals surface area contributed by atoms with E-state index in [0.29, 0.717) is 29.2 Å². The summed E-state index contributed by atoms with van der Waals surface area (Å²) >= 11 is 9.30. The summed E-state index contributed by atoms with van der Waals surface area (Å²) < 4.78 is 0.996. The Kier molecular flexibility index (Phi) is 5.69. The molecule has 0 radical (unpaired) electrons. The quantitative estimate of drug-likeness (QED) is 0.654. The van der Waals surface area contributed by atoms with E-state index in [0.717, 1.165) is 10.0 Å². The number of carboxylic acids is 1. The molecule has 116 valence electrons. The molecule has 0 bridgehead atoms. The molecule has 4 nitrogen and oxygen atoms in total. The Balaban J connectivity index is 2.05. The highest BCUT2D eigenvalue weighted by Crippen LogP contribution is 2.24. The molecular formula is C16H16BrClN2O2. The summed E-state index contributed by atoms with van der Waals surface area (Å²) in [7, 11) is 0. The molecule has 0 spiro atoms. The van der Waals surface area contributed by atoms with Crippen LogP contribution in [0.4, 0.5) is 11.4 Å². The number of nitrogens with two attached hydrogens (primary N) is 1. The Morgan fingerprint density at radius 1 is 1.27 bits per heavy atom. The summed E-state index contributed by atoms with van der Waals surface area (Å²) in [5.41, 5.74) is 7.93. The highest BCUT2D eigenvalue weighted by atomic mass is 79.9. The zero-order valence-electron chi connectivity index (χ0n) is 11.7. The number of carboxylic acid groups (broad SMARTS) is 1. The second kappa shape index (κ2) is 7.51. The normalized spacial score (nSPS) is 11.9. The third-order valence-electron chi connectivity index (χ3n) is 3.28. The number of aryl methyl sites for hydroxylation is 1. The van der Waals surface area contributed by atoms with Crippen LogP contribution in [-0.2, 0) is 11.2 Å². The van der Waals surface area contributed by atoms with E-state index in [9.17, 15) is 9.90 Å². The van der Waals surface area contributed by atoms with Crippen molar-refractivity contribution < 1.29 is 9.90 Å². The molecule has 0 saturated heterocycles. The first-order chi connectivity index (χ1) is 10.5. The van der Waals surface area contributed by atoms with Crippen molar-refractivity contribution in [3.05, 3.63) is 57.5 Å². The minimum Gasteiger partial charge on any atom is -0.480 e. The molecule has 2 aromatic rings. The first-order valence-corrected chi connectivity index (χ1v) is 7.91. The Morgan fingerprint density at radius 2 is 1.95 bits per heavy atom. The average molecular weight is 384 g/mol. The summed E-state index contributed by atoms with van der Waals surface area (Å²) in [6.07, 6.45) is 1.10. The first kappa shape index (κ1) is 16.6. The fourth-order valence-corrected chi connectivity index (χ4v) is 2.50. The van der Waals surface area contributed by atoms with Crippen LogP contribution in [0.3, 0.4) is 0 Å². The van der Waals surface area contributed by atoms with Crippen LogP contribution in [-0.4, -0.2) is 17.1 Å². The molecule has 0 fully saturated rings. The van der Waals surface area contributed by atoms with Gasteiger partial charge < -0.3 is 16.2 Å². The minimum atomic E-state index is -0.920. The molecule has 0 amide bonds. The monoisotopic (exact) mass is 382 g/mol. The van der Waals surface area contributed by atoms with Gasteiger partial charge in [0.2, 0.25) is 0 Å². The number of hydrogen-bond acceptors (Lipinski definition) is 3. The molecule has 0 heterocycles. The summed E-state index contributed by atoms with van der Waals surface area (Å²) in [6, 6.07) is 12.0. The largest absolute Gasteiger partial charge is 0.480 e. The highest BCUT2D eigenvalue weighted by Gasteiger charge is 2.18. The Hall–Kier alpha value is -1.72. The number of benzene rings is 2.